The van der Waals surface area contributed by atoms with Crippen LogP contribution in [0.3, 0.4) is 0 Å². The second-order valence-electron chi connectivity index (χ2n) is 6.90. The highest BCUT2D eigenvalue weighted by Crippen LogP contribution is 2.18. The second kappa shape index (κ2) is 9.13. The Bertz CT molecular complexity index is 960. The Kier molecular flexibility index (Phi) is 6.37. The molecule has 1 heterocycles. The maximum atomic E-state index is 13.0. The maximum absolute atomic E-state index is 13.0. The number of hydrogen-bond acceptors (Lipinski definition) is 2. The zero-order valence-corrected chi connectivity index (χ0v) is 16.2. The summed E-state index contributed by atoms with van der Waals surface area (Å²) in [5, 5.41) is 7.29. The fraction of sp³-hybridized carbons (Fsp3) is 0.217. The zero-order chi connectivity index (χ0) is 19.9. The third-order valence-corrected chi connectivity index (χ3v) is 4.55. The van der Waals surface area contributed by atoms with Crippen molar-refractivity contribution in [1.29, 1.82) is 0 Å². The first kappa shape index (κ1) is 19.5. The number of halogens is 1. The van der Waals surface area contributed by atoms with E-state index in [1.165, 1.54) is 17.7 Å². The summed E-state index contributed by atoms with van der Waals surface area (Å²) in [7, 11) is 1.81. The molecule has 1 amide bonds. The number of carbonyl (C=O) groups excluding carboxylic acids is 1. The molecular formula is C23H24FN3O. The Morgan fingerprint density at radius 3 is 2.71 bits per heavy atom. The van der Waals surface area contributed by atoms with Crippen LogP contribution in [0.1, 0.15) is 23.2 Å². The largest absolute Gasteiger partial charge is 0.342 e. The van der Waals surface area contributed by atoms with Crippen molar-refractivity contribution in [2.45, 2.75) is 19.8 Å². The molecule has 0 saturated carbocycles. The van der Waals surface area contributed by atoms with Crippen molar-refractivity contribution in [2.75, 3.05) is 13.6 Å². The zero-order valence-electron chi connectivity index (χ0n) is 16.2. The van der Waals surface area contributed by atoms with E-state index < -0.39 is 0 Å². The first-order valence-electron chi connectivity index (χ1n) is 9.31. The molecule has 0 atom stereocenters. The number of likely N-dealkylation sites (N-methyl/N-ethyl adjacent to an activating group) is 1. The molecule has 0 fully saturated rings. The van der Waals surface area contributed by atoms with Gasteiger partial charge in [-0.2, -0.15) is 5.10 Å². The van der Waals surface area contributed by atoms with Gasteiger partial charge >= 0.3 is 0 Å². The highest BCUT2D eigenvalue weighted by molar-refractivity contribution is 5.91. The van der Waals surface area contributed by atoms with Crippen molar-refractivity contribution in [2.24, 2.45) is 0 Å². The minimum absolute atomic E-state index is 0.0156. The second-order valence-corrected chi connectivity index (χ2v) is 6.90. The molecule has 1 aromatic heterocycles. The number of rotatable bonds is 7. The van der Waals surface area contributed by atoms with Crippen molar-refractivity contribution in [1.82, 2.24) is 15.1 Å². The summed E-state index contributed by atoms with van der Waals surface area (Å²) in [4.78, 5) is 14.0. The number of H-pyrrole nitrogens is 1. The Morgan fingerprint density at radius 1 is 1.18 bits per heavy atom. The predicted octanol–water partition coefficient (Wildman–Crippen LogP) is 4.63. The third-order valence-electron chi connectivity index (χ3n) is 4.55. The first-order valence-corrected chi connectivity index (χ1v) is 9.31. The quantitative estimate of drug-likeness (QED) is 0.611. The fourth-order valence-electron chi connectivity index (χ4n) is 2.94. The Hall–Kier alpha value is -3.21. The van der Waals surface area contributed by atoms with Crippen molar-refractivity contribution < 1.29 is 9.18 Å². The highest BCUT2D eigenvalue weighted by Gasteiger charge is 2.07. The number of nitrogens with one attached hydrogen (secondary N) is 1. The van der Waals surface area contributed by atoms with Crippen LogP contribution < -0.4 is 0 Å². The summed E-state index contributed by atoms with van der Waals surface area (Å²) < 4.78 is 13.0. The fourth-order valence-corrected chi connectivity index (χ4v) is 2.94. The summed E-state index contributed by atoms with van der Waals surface area (Å²) >= 11 is 0. The van der Waals surface area contributed by atoms with Gasteiger partial charge in [-0.3, -0.25) is 9.89 Å². The number of nitrogens with zero attached hydrogens (tertiary/aromatic N) is 2. The summed E-state index contributed by atoms with van der Waals surface area (Å²) in [5.74, 6) is -0.276. The summed E-state index contributed by atoms with van der Waals surface area (Å²) in [6, 6.07) is 16.3. The van der Waals surface area contributed by atoms with Crippen molar-refractivity contribution in [3.8, 4) is 11.3 Å². The number of carbonyl (C=O) groups is 1. The number of aromatic nitrogens is 2. The van der Waals surface area contributed by atoms with Crippen LogP contribution in [0.5, 0.6) is 0 Å². The highest BCUT2D eigenvalue weighted by atomic mass is 19.1. The average molecular weight is 377 g/mol. The van der Waals surface area contributed by atoms with E-state index in [2.05, 4.69) is 10.2 Å². The first-order chi connectivity index (χ1) is 13.5. The van der Waals surface area contributed by atoms with Gasteiger partial charge in [-0.1, -0.05) is 29.8 Å². The Labute approximate surface area is 164 Å². The van der Waals surface area contributed by atoms with E-state index in [4.69, 9.17) is 0 Å². The van der Waals surface area contributed by atoms with Gasteiger partial charge < -0.3 is 4.90 Å². The van der Waals surface area contributed by atoms with Gasteiger partial charge in [0.25, 0.3) is 0 Å². The van der Waals surface area contributed by atoms with Crippen LogP contribution in [0.25, 0.3) is 17.3 Å². The number of amides is 1. The normalized spacial score (nSPS) is 11.1. The van der Waals surface area contributed by atoms with E-state index in [9.17, 15) is 9.18 Å². The molecule has 0 aliphatic rings. The van der Waals surface area contributed by atoms with Crippen molar-refractivity contribution in [3.63, 3.8) is 0 Å². The molecule has 0 aliphatic heterocycles. The minimum Gasteiger partial charge on any atom is -0.342 e. The maximum Gasteiger partial charge on any atom is 0.246 e. The van der Waals surface area contributed by atoms with E-state index >= 15 is 0 Å². The number of aryl methyl sites for hydroxylation is 2. The van der Waals surface area contributed by atoms with Gasteiger partial charge in [-0.15, -0.1) is 0 Å². The van der Waals surface area contributed by atoms with E-state index in [0.717, 1.165) is 35.4 Å². The van der Waals surface area contributed by atoms with Gasteiger partial charge in [0.05, 0.1) is 5.69 Å². The molecule has 144 valence electrons. The molecule has 1 N–H and O–H groups in total. The average Bonchev–Trinajstić information content (AvgIpc) is 3.15. The van der Waals surface area contributed by atoms with E-state index in [0.29, 0.717) is 6.54 Å². The number of hydrogen-bond donors (Lipinski definition) is 1. The van der Waals surface area contributed by atoms with E-state index in [1.807, 2.05) is 43.3 Å². The molecule has 0 bridgehead atoms. The standard InChI is InChI=1S/C23H24FN3O/c1-17-5-3-6-18(15-17)8-13-23(28)27(2)14-4-7-21-16-22(26-25-21)19-9-11-20(24)12-10-19/h3,5-6,8-13,15-16H,4,7,14H2,1-2H3,(H,25,26). The molecule has 3 aromatic rings. The van der Waals surface area contributed by atoms with Crippen molar-refractivity contribution >= 4 is 12.0 Å². The van der Waals surface area contributed by atoms with E-state index in [-0.39, 0.29) is 11.7 Å². The monoisotopic (exact) mass is 377 g/mol. The smallest absolute Gasteiger partial charge is 0.246 e. The Morgan fingerprint density at radius 2 is 1.96 bits per heavy atom. The topological polar surface area (TPSA) is 49.0 Å². The van der Waals surface area contributed by atoms with Gasteiger partial charge in [0, 0.05) is 30.9 Å². The predicted molar refractivity (Wildman–Crippen MR) is 110 cm³/mol. The van der Waals surface area contributed by atoms with Crippen LogP contribution in [0, 0.1) is 12.7 Å². The number of benzene rings is 2. The van der Waals surface area contributed by atoms with Crippen molar-refractivity contribution in [3.05, 3.63) is 83.3 Å². The Balaban J connectivity index is 1.48. The lowest BCUT2D eigenvalue weighted by Crippen LogP contribution is -2.26. The summed E-state index contributed by atoms with van der Waals surface area (Å²) in [5.41, 5.74) is 4.85. The van der Waals surface area contributed by atoms with E-state index in [1.54, 1.807) is 30.2 Å². The summed E-state index contributed by atoms with van der Waals surface area (Å²) in [6.07, 6.45) is 5.06. The third kappa shape index (κ3) is 5.39. The molecule has 0 aliphatic carbocycles. The SMILES string of the molecule is Cc1cccc(C=CC(=O)N(C)CCCc2cc(-c3ccc(F)cc3)n[nH]2)c1. The van der Waals surface area contributed by atoms with Gasteiger partial charge in [-0.05, 0) is 61.7 Å². The molecule has 5 heteroatoms. The van der Waals surface area contributed by atoms with Gasteiger partial charge in [0.1, 0.15) is 5.82 Å². The summed E-state index contributed by atoms with van der Waals surface area (Å²) in [6.45, 7) is 2.68. The molecular weight excluding hydrogens is 353 g/mol. The lowest BCUT2D eigenvalue weighted by Gasteiger charge is -2.14. The molecule has 0 radical (unpaired) electrons. The molecule has 0 unspecified atom stereocenters. The lowest BCUT2D eigenvalue weighted by atomic mass is 10.1. The molecule has 4 nitrogen and oxygen atoms in total. The van der Waals surface area contributed by atoms with Crippen LogP contribution in [0.4, 0.5) is 4.39 Å². The molecule has 2 aromatic carbocycles. The van der Waals surface area contributed by atoms with Gasteiger partial charge in [0.15, 0.2) is 0 Å². The van der Waals surface area contributed by atoms with Crippen LogP contribution in [-0.2, 0) is 11.2 Å². The van der Waals surface area contributed by atoms with Crippen LogP contribution >= 0.6 is 0 Å². The van der Waals surface area contributed by atoms with Crippen LogP contribution in [0.15, 0.2) is 60.7 Å². The molecule has 0 saturated heterocycles. The van der Waals surface area contributed by atoms with Crippen LogP contribution in [-0.4, -0.2) is 34.6 Å². The molecule has 0 spiro atoms. The molecule has 28 heavy (non-hydrogen) atoms. The molecule has 3 rings (SSSR count). The number of aromatic amines is 1. The van der Waals surface area contributed by atoms with Gasteiger partial charge in [0.2, 0.25) is 5.91 Å². The van der Waals surface area contributed by atoms with Gasteiger partial charge in [-0.25, -0.2) is 4.39 Å². The van der Waals surface area contributed by atoms with Crippen LogP contribution in [0.2, 0.25) is 0 Å². The minimum atomic E-state index is -0.260. The lowest BCUT2D eigenvalue weighted by molar-refractivity contribution is -0.124.